The zero-order valence-corrected chi connectivity index (χ0v) is 90.1. The molecule has 2 bridgehead atoms. The highest BCUT2D eigenvalue weighted by atomic mass is 16.2. The number of allylic oxidation sites excluding steroid dienone is 12. The molecule has 11 aliphatic rings. The summed E-state index contributed by atoms with van der Waals surface area (Å²) in [5, 5.41) is 0. The van der Waals surface area contributed by atoms with Crippen molar-refractivity contribution in [3.63, 3.8) is 0 Å². The molecule has 728 valence electrons. The van der Waals surface area contributed by atoms with Crippen LogP contribution in [0.1, 0.15) is 449 Å². The highest BCUT2D eigenvalue weighted by Gasteiger charge is 2.63. The van der Waals surface area contributed by atoms with Crippen molar-refractivity contribution in [3.05, 3.63) is 83.1 Å². The van der Waals surface area contributed by atoms with E-state index < -0.39 is 0 Å². The van der Waals surface area contributed by atoms with Crippen LogP contribution in [0.3, 0.4) is 0 Å². The molecule has 0 saturated heterocycles. The molecule has 18 unspecified atom stereocenters. The van der Waals surface area contributed by atoms with E-state index in [4.69, 9.17) is 0 Å². The van der Waals surface area contributed by atoms with E-state index in [0.29, 0.717) is 164 Å². The third kappa shape index (κ3) is 36.8. The number of rotatable bonds is 22. The van der Waals surface area contributed by atoms with E-state index in [-0.39, 0.29) is 39.3 Å². The first-order chi connectivity index (χ1) is 58.1. The topological polar surface area (TPSA) is 154 Å². The summed E-state index contributed by atoms with van der Waals surface area (Å²) in [6.07, 6.45) is 43.3. The Bertz CT molecular complexity index is 3730. The number of Topliss-reactive ketones (excluding diaryl/α,β-unsaturated/α-hetero) is 8. The highest BCUT2D eigenvalue weighted by Crippen LogP contribution is 2.70. The van der Waals surface area contributed by atoms with Crippen molar-refractivity contribution >= 4 is 52.6 Å². The highest BCUT2D eigenvalue weighted by molar-refractivity contribution is 5.98. The van der Waals surface area contributed by atoms with Crippen LogP contribution in [0.5, 0.6) is 0 Å². The predicted octanol–water partition coefficient (Wildman–Crippen LogP) is 32.8. The minimum absolute atomic E-state index is 0.0187. The van der Waals surface area contributed by atoms with E-state index in [1.165, 1.54) is 86.5 Å². The molecule has 11 aliphatic carbocycles. The second kappa shape index (κ2) is 51.6. The SMILES string of the molecule is C=C(C)C1CC(=O)C(C)C(C)C1.C=CCCC(=O)C1CC(C)(C)CCC1C.CC(=O)CC(C)C1=C(C)C=CCC1(C)C.CC(=O)CC(C)C1C(C)CCC(C)C1(C)C.CC(C)=CCCC(C)(C)CC=O.CC(C)CC(=O)C1C(C)CCC(C)C1(C)C.CC1(C)CCCC(=O)C1.CC1=C(C(=O)CC(C)C)C(C)(C)CC=C1.CC1CC(=O)CCC12CC1CC(C2C)C1(C)C. The van der Waals surface area contributed by atoms with Crippen LogP contribution in [0, 0.1) is 161 Å². The maximum absolute atomic E-state index is 12.4. The third-order valence-electron chi connectivity index (χ3n) is 33.8. The molecule has 0 amide bonds. The van der Waals surface area contributed by atoms with Crippen molar-refractivity contribution in [2.45, 2.75) is 449 Å². The number of carbonyl (C=O) groups is 9. The van der Waals surface area contributed by atoms with Gasteiger partial charge >= 0.3 is 0 Å². The van der Waals surface area contributed by atoms with Crippen LogP contribution in [0.25, 0.3) is 0 Å². The Labute approximate surface area is 784 Å². The summed E-state index contributed by atoms with van der Waals surface area (Å²) in [5.41, 5.74) is 10.2. The van der Waals surface area contributed by atoms with E-state index in [1.54, 1.807) is 13.8 Å². The second-order valence-electron chi connectivity index (χ2n) is 50.3. The Morgan fingerprint density at radius 1 is 0.559 bits per heavy atom. The van der Waals surface area contributed by atoms with Crippen molar-refractivity contribution in [1.82, 2.24) is 0 Å². The van der Waals surface area contributed by atoms with Gasteiger partial charge in [-0.05, 0) is 307 Å². The van der Waals surface area contributed by atoms with Gasteiger partial charge in [-0.3, -0.25) is 28.8 Å². The van der Waals surface area contributed by atoms with Crippen molar-refractivity contribution in [2.24, 2.45) is 161 Å². The number of carbonyl (C=O) groups excluding carboxylic acids is 9. The maximum atomic E-state index is 12.4. The third-order valence-corrected chi connectivity index (χ3v) is 33.8. The monoisotopic (exact) mass is 1760 g/mol. The summed E-state index contributed by atoms with van der Waals surface area (Å²) in [4.78, 5) is 103. The van der Waals surface area contributed by atoms with Crippen LogP contribution < -0.4 is 0 Å². The van der Waals surface area contributed by atoms with Gasteiger partial charge in [0, 0.05) is 94.0 Å². The van der Waals surface area contributed by atoms with Gasteiger partial charge in [-0.25, -0.2) is 0 Å². The molecule has 9 fully saturated rings. The van der Waals surface area contributed by atoms with Gasteiger partial charge in [-0.2, -0.15) is 0 Å². The van der Waals surface area contributed by atoms with Gasteiger partial charge in [0.15, 0.2) is 5.78 Å². The van der Waals surface area contributed by atoms with Gasteiger partial charge < -0.3 is 14.4 Å². The van der Waals surface area contributed by atoms with Gasteiger partial charge in [-0.1, -0.05) is 286 Å². The summed E-state index contributed by atoms with van der Waals surface area (Å²) >= 11 is 0. The van der Waals surface area contributed by atoms with E-state index in [1.807, 2.05) is 26.8 Å². The molecular weight excluding hydrogens is 1560 g/mol. The molecule has 0 aromatic heterocycles. The van der Waals surface area contributed by atoms with Crippen molar-refractivity contribution < 1.29 is 43.2 Å². The maximum Gasteiger partial charge on any atom is 0.159 e. The quantitative estimate of drug-likeness (QED) is 0.0761. The first-order valence-corrected chi connectivity index (χ1v) is 51.4. The van der Waals surface area contributed by atoms with Crippen LogP contribution in [0.15, 0.2) is 83.1 Å². The average molecular weight is 1760 g/mol. The van der Waals surface area contributed by atoms with Gasteiger partial charge in [0.25, 0.3) is 0 Å². The first-order valence-electron chi connectivity index (χ1n) is 51.4. The lowest BCUT2D eigenvalue weighted by Crippen LogP contribution is -2.61. The fourth-order valence-electron chi connectivity index (χ4n) is 25.1. The fourth-order valence-corrected chi connectivity index (χ4v) is 25.1. The summed E-state index contributed by atoms with van der Waals surface area (Å²) < 4.78 is 0. The summed E-state index contributed by atoms with van der Waals surface area (Å²) in [6.45, 7) is 91.3. The Morgan fingerprint density at radius 3 is 1.57 bits per heavy atom. The lowest BCUT2D eigenvalue weighted by molar-refractivity contribution is -0.195. The Morgan fingerprint density at radius 2 is 1.11 bits per heavy atom. The van der Waals surface area contributed by atoms with E-state index in [2.05, 4.69) is 272 Å². The van der Waals surface area contributed by atoms with E-state index in [9.17, 15) is 43.2 Å². The molecule has 0 radical (unpaired) electrons. The van der Waals surface area contributed by atoms with Crippen molar-refractivity contribution in [3.8, 4) is 0 Å². The number of hydrogen-bond donors (Lipinski definition) is 0. The minimum Gasteiger partial charge on any atom is -0.303 e. The lowest BCUT2D eigenvalue weighted by Gasteiger charge is -2.68. The minimum atomic E-state index is 0.0187. The Kier molecular flexibility index (Phi) is 48.1. The smallest absolute Gasteiger partial charge is 0.159 e. The van der Waals surface area contributed by atoms with Crippen LogP contribution in [-0.2, 0) is 43.2 Å². The number of hydrogen-bond acceptors (Lipinski definition) is 9. The lowest BCUT2D eigenvalue weighted by atomic mass is 9.36. The van der Waals surface area contributed by atoms with Crippen LogP contribution in [-0.4, -0.2) is 52.6 Å². The largest absolute Gasteiger partial charge is 0.303 e. The zero-order valence-electron chi connectivity index (χ0n) is 90.1. The Balaban J connectivity index is 0.000000486. The van der Waals surface area contributed by atoms with Crippen LogP contribution >= 0.6 is 0 Å². The molecule has 127 heavy (non-hydrogen) atoms. The fraction of sp³-hybridized carbons (Fsp3) is 0.805. The molecule has 0 N–H and O–H groups in total. The molecule has 9 saturated carbocycles. The standard InChI is InChI=1S/C16H26O.2C15H28O.2C14H22O.C14H24O.C11H18O.C11H20O.C8H14O/c1-10-7-13(17)5-6-16(10)9-12-8-14(11(16)2)15(12,3)4;1-10-7-8-12(3)15(5,6)14(10)11(2)9-13(4)16;1-10(2)9-13(16)14-11(3)7-8-12(4)15(14,5)6;1-10-7-6-8-14(4,5)13(10)11(2)9-12(3)15;1-10(2)9-12(15)13-11(3)7-6-8-14(13,4)5;1-5-6-7-13(15)12-10-14(3,4)9-8-11(12)2;1-7(2)10-5-8(3)9(4)11(12)6-10;1-10(2)6-5-7-11(3,4)8-9-12;1-8(2)5-3-4-7(9)6-8/h10-12,14H,5-9H2,1-4H3;2*10-12,14H,7-9H2,1-6H3;6-7,11H,8-9H2,1-5H3;6-7,10H,8-9H2,1-5H3;5,11-12H,1,6-10H2,2-4H3;8-10H,1,5-6H2,2-4H3;6,9H,5,7-8H2,1-4H3;3-6H2,1-2H3. The molecule has 0 aromatic rings. The number of aldehydes is 1. The number of ketones is 8. The van der Waals surface area contributed by atoms with Gasteiger partial charge in [0.1, 0.15) is 46.8 Å². The second-order valence-corrected chi connectivity index (χ2v) is 50.3. The Hall–Kier alpha value is -4.79. The molecule has 1 spiro atoms. The van der Waals surface area contributed by atoms with E-state index >= 15 is 0 Å². The summed E-state index contributed by atoms with van der Waals surface area (Å²) in [7, 11) is 0. The van der Waals surface area contributed by atoms with Gasteiger partial charge in [-0.15, -0.1) is 6.58 Å². The van der Waals surface area contributed by atoms with Gasteiger partial charge in [0.2, 0.25) is 0 Å². The van der Waals surface area contributed by atoms with Gasteiger partial charge in [0.05, 0.1) is 0 Å². The molecule has 0 aromatic carbocycles. The molecule has 0 heterocycles. The van der Waals surface area contributed by atoms with Crippen LogP contribution in [0.4, 0.5) is 0 Å². The molecule has 0 aliphatic heterocycles. The van der Waals surface area contributed by atoms with Crippen LogP contribution in [0.2, 0.25) is 0 Å². The molecular formula is C118H202O9. The average Bonchev–Trinajstić information content (AvgIpc) is 0.697. The summed E-state index contributed by atoms with van der Waals surface area (Å²) in [5.74, 6) is 14.3. The molecule has 18 atom stereocenters. The molecule has 9 heteroatoms. The molecule has 11 rings (SSSR count). The predicted molar refractivity (Wildman–Crippen MR) is 544 cm³/mol. The van der Waals surface area contributed by atoms with E-state index in [0.717, 1.165) is 143 Å². The zero-order chi connectivity index (χ0) is 98.0. The normalized spacial score (nSPS) is 30.6. The molecule has 9 nitrogen and oxygen atoms in total. The van der Waals surface area contributed by atoms with Crippen molar-refractivity contribution in [1.29, 1.82) is 0 Å². The summed E-state index contributed by atoms with van der Waals surface area (Å²) in [6, 6.07) is 0. The van der Waals surface area contributed by atoms with Crippen molar-refractivity contribution in [2.75, 3.05) is 0 Å². The first kappa shape index (κ1) is 118.